The topological polar surface area (TPSA) is 73.0 Å². The van der Waals surface area contributed by atoms with Gasteiger partial charge in [0.15, 0.2) is 0 Å². The molecule has 0 radical (unpaired) electrons. The number of aromatic nitrogens is 3. The molecule has 6 nitrogen and oxygen atoms in total. The summed E-state index contributed by atoms with van der Waals surface area (Å²) in [5.74, 6) is -0.180. The van der Waals surface area contributed by atoms with Crippen LogP contribution >= 0.6 is 0 Å². The first-order valence-corrected chi connectivity index (χ1v) is 7.10. The minimum Gasteiger partial charge on any atom is -0.363 e. The molecule has 2 aromatic heterocycles. The highest BCUT2D eigenvalue weighted by Gasteiger charge is 2.16. The molecule has 1 N–H and O–H groups in total. The average Bonchev–Trinajstić information content (AvgIpc) is 3.23. The molecule has 0 unspecified atom stereocenters. The molecule has 1 aromatic carbocycles. The molecule has 3 rings (SSSR count). The Balaban J connectivity index is 1.58. The van der Waals surface area contributed by atoms with E-state index >= 15 is 0 Å². The Morgan fingerprint density at radius 1 is 1.23 bits per heavy atom. The van der Waals surface area contributed by atoms with Crippen molar-refractivity contribution in [3.63, 3.8) is 0 Å². The minimum atomic E-state index is -0.180. The zero-order chi connectivity index (χ0) is 15.2. The Morgan fingerprint density at radius 3 is 2.86 bits per heavy atom. The Hall–Kier alpha value is -2.89. The van der Waals surface area contributed by atoms with Gasteiger partial charge >= 0.3 is 0 Å². The lowest BCUT2D eigenvalue weighted by Gasteiger charge is -2.05. The van der Waals surface area contributed by atoms with Gasteiger partial charge in [0.1, 0.15) is 17.5 Å². The van der Waals surface area contributed by atoms with Gasteiger partial charge in [-0.15, -0.1) is 0 Å². The van der Waals surface area contributed by atoms with Crippen molar-refractivity contribution in [3.8, 4) is 11.3 Å². The van der Waals surface area contributed by atoms with Crippen molar-refractivity contribution in [2.24, 2.45) is 0 Å². The molecule has 0 saturated carbocycles. The number of carbonyl (C=O) groups is 1. The van der Waals surface area contributed by atoms with Crippen LogP contribution in [-0.4, -0.2) is 27.4 Å². The van der Waals surface area contributed by atoms with Crippen molar-refractivity contribution < 1.29 is 9.32 Å². The lowest BCUT2D eigenvalue weighted by atomic mass is 10.1. The van der Waals surface area contributed by atoms with Crippen LogP contribution < -0.4 is 5.32 Å². The molecular weight excluding hydrogens is 280 g/mol. The van der Waals surface area contributed by atoms with Gasteiger partial charge in [-0.25, -0.2) is 0 Å². The quantitative estimate of drug-likeness (QED) is 0.709. The fourth-order valence-electron chi connectivity index (χ4n) is 2.17. The highest BCUT2D eigenvalue weighted by molar-refractivity contribution is 5.99. The minimum absolute atomic E-state index is 0.180. The molecule has 1 amide bonds. The van der Waals surface area contributed by atoms with Gasteiger partial charge in [0, 0.05) is 31.0 Å². The van der Waals surface area contributed by atoms with Crippen LogP contribution in [0.15, 0.2) is 59.6 Å². The molecule has 0 spiro atoms. The smallest absolute Gasteiger partial charge is 0.256 e. The number of benzene rings is 1. The van der Waals surface area contributed by atoms with Gasteiger partial charge in [0.2, 0.25) is 0 Å². The summed E-state index contributed by atoms with van der Waals surface area (Å²) >= 11 is 0. The highest BCUT2D eigenvalue weighted by Crippen LogP contribution is 2.21. The summed E-state index contributed by atoms with van der Waals surface area (Å²) in [6.07, 6.45) is 5.82. The summed E-state index contributed by atoms with van der Waals surface area (Å²) in [6.45, 7) is 1.33. The van der Waals surface area contributed by atoms with Crippen LogP contribution in [-0.2, 0) is 6.54 Å². The van der Waals surface area contributed by atoms with Crippen LogP contribution in [0.4, 0.5) is 0 Å². The van der Waals surface area contributed by atoms with Crippen LogP contribution in [0.2, 0.25) is 0 Å². The van der Waals surface area contributed by atoms with Crippen molar-refractivity contribution in [1.29, 1.82) is 0 Å². The summed E-state index contributed by atoms with van der Waals surface area (Å²) in [5.41, 5.74) is 1.87. The van der Waals surface area contributed by atoms with Crippen LogP contribution in [0.5, 0.6) is 0 Å². The number of amides is 1. The van der Waals surface area contributed by atoms with E-state index in [0.29, 0.717) is 17.8 Å². The van der Waals surface area contributed by atoms with E-state index in [1.165, 1.54) is 6.26 Å². The fraction of sp³-hybridized carbons (Fsp3) is 0.188. The first-order valence-electron chi connectivity index (χ1n) is 7.10. The first kappa shape index (κ1) is 14.1. The standard InChI is InChI=1S/C16H16N4O2/c21-16(17-8-4-10-20-11-5-9-18-20)14-12-22-19-15(14)13-6-2-1-3-7-13/h1-3,5-7,9,11-12H,4,8,10H2,(H,17,21). The lowest BCUT2D eigenvalue weighted by molar-refractivity contribution is 0.0952. The largest absolute Gasteiger partial charge is 0.363 e. The summed E-state index contributed by atoms with van der Waals surface area (Å²) in [7, 11) is 0. The summed E-state index contributed by atoms with van der Waals surface area (Å²) in [4.78, 5) is 12.2. The SMILES string of the molecule is O=C(NCCCn1cccn1)c1conc1-c1ccccc1. The zero-order valence-corrected chi connectivity index (χ0v) is 12.0. The molecule has 0 aliphatic rings. The molecule has 0 saturated heterocycles. The highest BCUT2D eigenvalue weighted by atomic mass is 16.5. The second-order valence-electron chi connectivity index (χ2n) is 4.82. The van der Waals surface area contributed by atoms with E-state index in [-0.39, 0.29) is 5.91 Å². The first-order chi connectivity index (χ1) is 10.8. The Bertz CT molecular complexity index is 720. The van der Waals surface area contributed by atoms with E-state index in [1.807, 2.05) is 47.3 Å². The number of nitrogens with one attached hydrogen (secondary N) is 1. The van der Waals surface area contributed by atoms with Crippen molar-refractivity contribution in [3.05, 3.63) is 60.6 Å². The zero-order valence-electron chi connectivity index (χ0n) is 12.0. The number of nitrogens with zero attached hydrogens (tertiary/aromatic N) is 3. The van der Waals surface area contributed by atoms with E-state index in [1.54, 1.807) is 6.20 Å². The number of rotatable bonds is 6. The van der Waals surface area contributed by atoms with Crippen molar-refractivity contribution in [1.82, 2.24) is 20.3 Å². The van der Waals surface area contributed by atoms with Crippen LogP contribution in [0.25, 0.3) is 11.3 Å². The maximum Gasteiger partial charge on any atom is 0.256 e. The van der Waals surface area contributed by atoms with E-state index in [9.17, 15) is 4.79 Å². The maximum absolute atomic E-state index is 12.2. The normalized spacial score (nSPS) is 10.5. The predicted octanol–water partition coefficient (Wildman–Crippen LogP) is 2.36. The average molecular weight is 296 g/mol. The second kappa shape index (κ2) is 6.71. The molecule has 6 heteroatoms. The van der Waals surface area contributed by atoms with Gasteiger partial charge in [-0.1, -0.05) is 35.5 Å². The molecule has 2 heterocycles. The monoisotopic (exact) mass is 296 g/mol. The summed E-state index contributed by atoms with van der Waals surface area (Å²) in [6, 6.07) is 11.4. The van der Waals surface area contributed by atoms with E-state index in [0.717, 1.165) is 18.5 Å². The molecule has 0 bridgehead atoms. The van der Waals surface area contributed by atoms with Gasteiger partial charge in [-0.3, -0.25) is 9.48 Å². The van der Waals surface area contributed by atoms with Crippen LogP contribution in [0.1, 0.15) is 16.8 Å². The lowest BCUT2D eigenvalue weighted by Crippen LogP contribution is -2.25. The Labute approximate surface area is 127 Å². The van der Waals surface area contributed by atoms with Crippen molar-refractivity contribution in [2.45, 2.75) is 13.0 Å². The molecule has 112 valence electrons. The second-order valence-corrected chi connectivity index (χ2v) is 4.82. The Kier molecular flexibility index (Phi) is 4.29. The summed E-state index contributed by atoms with van der Waals surface area (Å²) in [5, 5.41) is 10.9. The fourth-order valence-corrected chi connectivity index (χ4v) is 2.17. The van der Waals surface area contributed by atoms with E-state index in [2.05, 4.69) is 15.6 Å². The van der Waals surface area contributed by atoms with Gasteiger partial charge in [0.05, 0.1) is 0 Å². The third-order valence-corrected chi connectivity index (χ3v) is 3.27. The van der Waals surface area contributed by atoms with Gasteiger partial charge in [0.25, 0.3) is 5.91 Å². The third-order valence-electron chi connectivity index (χ3n) is 3.27. The predicted molar refractivity (Wildman–Crippen MR) is 81.1 cm³/mol. The molecule has 0 aliphatic carbocycles. The molecule has 22 heavy (non-hydrogen) atoms. The van der Waals surface area contributed by atoms with Crippen molar-refractivity contribution >= 4 is 5.91 Å². The van der Waals surface area contributed by atoms with Gasteiger partial charge in [-0.2, -0.15) is 5.10 Å². The summed E-state index contributed by atoms with van der Waals surface area (Å²) < 4.78 is 6.80. The number of hydrogen-bond donors (Lipinski definition) is 1. The molecule has 3 aromatic rings. The van der Waals surface area contributed by atoms with Crippen molar-refractivity contribution in [2.75, 3.05) is 6.54 Å². The van der Waals surface area contributed by atoms with E-state index in [4.69, 9.17) is 4.52 Å². The number of carbonyl (C=O) groups excluding carboxylic acids is 1. The Morgan fingerprint density at radius 2 is 2.09 bits per heavy atom. The number of aryl methyl sites for hydroxylation is 1. The molecule has 0 aliphatic heterocycles. The van der Waals surface area contributed by atoms with Crippen LogP contribution in [0, 0.1) is 0 Å². The van der Waals surface area contributed by atoms with E-state index < -0.39 is 0 Å². The molecule has 0 fully saturated rings. The number of hydrogen-bond acceptors (Lipinski definition) is 4. The maximum atomic E-state index is 12.2. The van der Waals surface area contributed by atoms with Gasteiger partial charge in [-0.05, 0) is 12.5 Å². The third kappa shape index (κ3) is 3.22. The van der Waals surface area contributed by atoms with Gasteiger partial charge < -0.3 is 9.84 Å². The van der Waals surface area contributed by atoms with Crippen LogP contribution in [0.3, 0.4) is 0 Å². The molecule has 0 atom stereocenters. The molecular formula is C16H16N4O2.